The summed E-state index contributed by atoms with van der Waals surface area (Å²) in [7, 11) is 1.57. The third-order valence-corrected chi connectivity index (χ3v) is 8.00. The third-order valence-electron chi connectivity index (χ3n) is 7.67. The Hall–Kier alpha value is -2.13. The fourth-order valence-electron chi connectivity index (χ4n) is 5.50. The summed E-state index contributed by atoms with van der Waals surface area (Å²) in [6, 6.07) is 14.1. The minimum atomic E-state index is -3.06. The molecule has 1 fully saturated rings. The molecule has 2 atom stereocenters. The van der Waals surface area contributed by atoms with Gasteiger partial charge in [-0.3, -0.25) is 9.79 Å². The smallest absolute Gasteiger partial charge is 0.283 e. The van der Waals surface area contributed by atoms with Gasteiger partial charge in [0.15, 0.2) is 0 Å². The SMILES string of the molecule is Cc1ccc(C(C)N2C(=O)C(c3cccc(C(F)(F)P)c3)=NC23CCC(C(C)(C)C)CC3)cc1. The molecule has 0 radical (unpaired) electrons. The highest BCUT2D eigenvalue weighted by atomic mass is 31.0. The van der Waals surface area contributed by atoms with E-state index in [1.165, 1.54) is 12.1 Å². The van der Waals surface area contributed by atoms with Gasteiger partial charge in [0.1, 0.15) is 11.4 Å². The Morgan fingerprint density at radius 3 is 2.26 bits per heavy atom. The number of carbonyl (C=O) groups is 1. The van der Waals surface area contributed by atoms with Crippen molar-refractivity contribution >= 4 is 20.9 Å². The van der Waals surface area contributed by atoms with Crippen molar-refractivity contribution in [2.45, 2.75) is 77.7 Å². The maximum absolute atomic E-state index is 14.0. The topological polar surface area (TPSA) is 32.7 Å². The van der Waals surface area contributed by atoms with Crippen molar-refractivity contribution in [2.24, 2.45) is 16.3 Å². The van der Waals surface area contributed by atoms with Crippen LogP contribution in [0, 0.1) is 18.3 Å². The molecule has 2 unspecified atom stereocenters. The highest BCUT2D eigenvalue weighted by molar-refractivity contribution is 7.17. The van der Waals surface area contributed by atoms with E-state index >= 15 is 0 Å². The van der Waals surface area contributed by atoms with Crippen LogP contribution in [0.5, 0.6) is 0 Å². The predicted octanol–water partition coefficient (Wildman–Crippen LogP) is 7.24. The first-order valence-corrected chi connectivity index (χ1v) is 12.7. The van der Waals surface area contributed by atoms with Crippen LogP contribution in [0.2, 0.25) is 0 Å². The van der Waals surface area contributed by atoms with E-state index in [-0.39, 0.29) is 22.9 Å². The molecule has 0 bridgehead atoms. The van der Waals surface area contributed by atoms with Crippen molar-refractivity contribution < 1.29 is 13.6 Å². The molecule has 2 aliphatic rings. The summed E-state index contributed by atoms with van der Waals surface area (Å²) < 4.78 is 28.0. The molecule has 1 spiro atoms. The van der Waals surface area contributed by atoms with E-state index < -0.39 is 11.3 Å². The van der Waals surface area contributed by atoms with Crippen molar-refractivity contribution in [3.05, 3.63) is 70.8 Å². The quantitative estimate of drug-likeness (QED) is 0.421. The summed E-state index contributed by atoms with van der Waals surface area (Å²) >= 11 is 0. The number of carbonyl (C=O) groups excluding carboxylic acids is 1. The molecule has 0 N–H and O–H groups in total. The molecule has 182 valence electrons. The molecule has 0 saturated heterocycles. The maximum atomic E-state index is 14.0. The van der Waals surface area contributed by atoms with Crippen LogP contribution in [0.4, 0.5) is 8.78 Å². The molecular weight excluding hydrogens is 449 g/mol. The fourth-order valence-corrected chi connectivity index (χ4v) is 5.68. The Morgan fingerprint density at radius 1 is 1.09 bits per heavy atom. The van der Waals surface area contributed by atoms with Gasteiger partial charge >= 0.3 is 0 Å². The number of alkyl halides is 2. The van der Waals surface area contributed by atoms with E-state index in [4.69, 9.17) is 4.99 Å². The summed E-state index contributed by atoms with van der Waals surface area (Å²) in [4.78, 5) is 20.9. The molecule has 2 aromatic rings. The van der Waals surface area contributed by atoms with Gasteiger partial charge in [0.2, 0.25) is 0 Å². The average Bonchev–Trinajstić information content (AvgIpc) is 3.04. The van der Waals surface area contributed by atoms with Crippen molar-refractivity contribution in [3.8, 4) is 0 Å². The van der Waals surface area contributed by atoms with Crippen molar-refractivity contribution in [2.75, 3.05) is 0 Å². The van der Waals surface area contributed by atoms with Crippen LogP contribution in [0.3, 0.4) is 0 Å². The molecule has 1 saturated carbocycles. The number of aliphatic imine (C=N–C) groups is 1. The highest BCUT2D eigenvalue weighted by Crippen LogP contribution is 2.49. The molecule has 1 heterocycles. The van der Waals surface area contributed by atoms with Crippen LogP contribution in [-0.4, -0.2) is 22.2 Å². The first-order chi connectivity index (χ1) is 15.8. The summed E-state index contributed by atoms with van der Waals surface area (Å²) in [5, 5.41) is 0. The lowest BCUT2D eigenvalue weighted by Crippen LogP contribution is -2.50. The van der Waals surface area contributed by atoms with Crippen molar-refractivity contribution in [1.29, 1.82) is 0 Å². The molecule has 3 nitrogen and oxygen atoms in total. The van der Waals surface area contributed by atoms with E-state index in [9.17, 15) is 13.6 Å². The zero-order valence-corrected chi connectivity index (χ0v) is 21.9. The van der Waals surface area contributed by atoms with Crippen LogP contribution in [0.15, 0.2) is 53.5 Å². The Labute approximate surface area is 204 Å². The van der Waals surface area contributed by atoms with Gasteiger partial charge in [-0.2, -0.15) is 8.78 Å². The molecular formula is C28H35F2N2OP. The summed E-state index contributed by atoms with van der Waals surface area (Å²) in [6.07, 6.45) is 3.52. The van der Waals surface area contributed by atoms with Gasteiger partial charge in [0.05, 0.1) is 6.04 Å². The number of benzene rings is 2. The molecule has 4 rings (SSSR count). The van der Waals surface area contributed by atoms with E-state index in [1.807, 2.05) is 18.7 Å². The van der Waals surface area contributed by atoms with Gasteiger partial charge in [-0.15, -0.1) is 0 Å². The molecule has 34 heavy (non-hydrogen) atoms. The van der Waals surface area contributed by atoms with Gasteiger partial charge in [-0.1, -0.05) is 78.0 Å². The highest BCUT2D eigenvalue weighted by Gasteiger charge is 2.52. The number of rotatable bonds is 4. The number of halogens is 2. The summed E-state index contributed by atoms with van der Waals surface area (Å²) in [5.41, 5.74) is -0.670. The van der Waals surface area contributed by atoms with Gasteiger partial charge in [0, 0.05) is 11.1 Å². The fraction of sp³-hybridized carbons (Fsp3) is 0.500. The number of aryl methyl sites for hydroxylation is 1. The first-order valence-electron chi connectivity index (χ1n) is 12.1. The minimum Gasteiger partial charge on any atom is -0.306 e. The van der Waals surface area contributed by atoms with Crippen molar-refractivity contribution in [3.63, 3.8) is 0 Å². The molecule has 1 amide bonds. The monoisotopic (exact) mass is 484 g/mol. The largest absolute Gasteiger partial charge is 0.306 e. The van der Waals surface area contributed by atoms with E-state index in [0.717, 1.165) is 36.8 Å². The lowest BCUT2D eigenvalue weighted by atomic mass is 9.69. The Balaban J connectivity index is 1.75. The lowest BCUT2D eigenvalue weighted by Gasteiger charge is -2.46. The van der Waals surface area contributed by atoms with Crippen LogP contribution in [0.1, 0.15) is 81.7 Å². The van der Waals surface area contributed by atoms with Crippen molar-refractivity contribution in [1.82, 2.24) is 4.90 Å². The molecule has 6 heteroatoms. The van der Waals surface area contributed by atoms with Crippen LogP contribution < -0.4 is 0 Å². The van der Waals surface area contributed by atoms with Gasteiger partial charge < -0.3 is 4.90 Å². The maximum Gasteiger partial charge on any atom is 0.283 e. The van der Waals surface area contributed by atoms with E-state index in [0.29, 0.717) is 17.2 Å². The molecule has 2 aromatic carbocycles. The number of hydrogen-bond donors (Lipinski definition) is 0. The summed E-state index contributed by atoms with van der Waals surface area (Å²) in [5.74, 6) is 0.384. The second-order valence-corrected chi connectivity index (χ2v) is 11.8. The normalized spacial score (nSPS) is 24.5. The van der Waals surface area contributed by atoms with E-state index in [2.05, 4.69) is 45.0 Å². The Morgan fingerprint density at radius 2 is 1.71 bits per heavy atom. The van der Waals surface area contributed by atoms with Crippen LogP contribution >= 0.6 is 9.24 Å². The van der Waals surface area contributed by atoms with Gasteiger partial charge in [-0.25, -0.2) is 0 Å². The number of nitrogens with zero attached hydrogens (tertiary/aromatic N) is 2. The second-order valence-electron chi connectivity index (χ2n) is 11.0. The Bertz CT molecular complexity index is 1090. The van der Waals surface area contributed by atoms with E-state index in [1.54, 1.807) is 21.4 Å². The van der Waals surface area contributed by atoms with Crippen LogP contribution in [0.25, 0.3) is 0 Å². The lowest BCUT2D eigenvalue weighted by molar-refractivity contribution is -0.132. The summed E-state index contributed by atoms with van der Waals surface area (Å²) in [6.45, 7) is 10.9. The zero-order valence-electron chi connectivity index (χ0n) is 20.7. The first kappa shape index (κ1) is 25.0. The predicted molar refractivity (Wildman–Crippen MR) is 137 cm³/mol. The molecule has 1 aliphatic carbocycles. The third kappa shape index (κ3) is 4.69. The number of hydrogen-bond acceptors (Lipinski definition) is 2. The minimum absolute atomic E-state index is 0.138. The van der Waals surface area contributed by atoms with Gasteiger partial charge in [-0.05, 0) is 62.5 Å². The van der Waals surface area contributed by atoms with Crippen LogP contribution in [-0.2, 0) is 10.5 Å². The molecule has 1 aliphatic heterocycles. The second kappa shape index (κ2) is 8.82. The van der Waals surface area contributed by atoms with Gasteiger partial charge in [0.25, 0.3) is 11.6 Å². The standard InChI is InChI=1S/C28H35F2N2OP/c1-18-9-11-20(12-10-18)19(2)32-25(33)24(21-7-6-8-23(17-21)28(29,30)34)31-27(32)15-13-22(14-16-27)26(3,4)5/h6-12,17,19,22H,13-16,34H2,1-5H3. The zero-order chi connectivity index (χ0) is 24.9. The molecule has 0 aromatic heterocycles. The Kier molecular flexibility index (Phi) is 6.48. The number of amides is 1. The average molecular weight is 485 g/mol.